The molecule has 0 saturated carbocycles. The molecular formula is C5H12NO2S-. The fraction of sp³-hybridized carbons (Fsp3) is 1.00. The molecule has 1 aliphatic rings. The molecule has 1 fully saturated rings. The van der Waals surface area contributed by atoms with Gasteiger partial charge in [0.1, 0.15) is 0 Å². The first kappa shape index (κ1) is 9.07. The Balaban J connectivity index is 0.000000148. The SMILES string of the molecule is C1CCNC1.CS(=O)[O-]. The zero-order chi connectivity index (χ0) is 7.11. The van der Waals surface area contributed by atoms with Crippen molar-refractivity contribution in [3.63, 3.8) is 0 Å². The largest absolute Gasteiger partial charge is 0.773 e. The van der Waals surface area contributed by atoms with Gasteiger partial charge >= 0.3 is 0 Å². The van der Waals surface area contributed by atoms with E-state index in [0.29, 0.717) is 0 Å². The second-order valence-electron chi connectivity index (χ2n) is 1.86. The number of rotatable bonds is 0. The van der Waals surface area contributed by atoms with Crippen LogP contribution in [0.4, 0.5) is 0 Å². The lowest BCUT2D eigenvalue weighted by molar-refractivity contribution is 0.543. The van der Waals surface area contributed by atoms with Gasteiger partial charge in [0, 0.05) is 0 Å². The van der Waals surface area contributed by atoms with Crippen LogP contribution in [0.15, 0.2) is 0 Å². The van der Waals surface area contributed by atoms with E-state index >= 15 is 0 Å². The van der Waals surface area contributed by atoms with Crippen molar-refractivity contribution in [1.82, 2.24) is 5.32 Å². The van der Waals surface area contributed by atoms with E-state index < -0.39 is 11.1 Å². The van der Waals surface area contributed by atoms with Crippen LogP contribution in [-0.2, 0) is 11.1 Å². The van der Waals surface area contributed by atoms with Gasteiger partial charge in [0.15, 0.2) is 0 Å². The molecule has 0 bridgehead atoms. The summed E-state index contributed by atoms with van der Waals surface area (Å²) in [5.74, 6) is 0. The molecule has 4 heteroatoms. The van der Waals surface area contributed by atoms with E-state index in [1.165, 1.54) is 25.9 Å². The van der Waals surface area contributed by atoms with Crippen LogP contribution in [0.2, 0.25) is 0 Å². The molecule has 1 unspecified atom stereocenters. The van der Waals surface area contributed by atoms with Crippen LogP contribution >= 0.6 is 0 Å². The third kappa shape index (κ3) is 11.6. The zero-order valence-electron chi connectivity index (χ0n) is 5.55. The summed E-state index contributed by atoms with van der Waals surface area (Å²) >= 11 is -1.86. The number of hydrogen-bond donors (Lipinski definition) is 1. The Morgan fingerprint density at radius 2 is 1.78 bits per heavy atom. The molecule has 0 spiro atoms. The third-order valence-electron chi connectivity index (χ3n) is 0.957. The van der Waals surface area contributed by atoms with Crippen molar-refractivity contribution in [2.75, 3.05) is 19.3 Å². The molecule has 1 rings (SSSR count). The van der Waals surface area contributed by atoms with Gasteiger partial charge in [-0.15, -0.1) is 0 Å². The molecule has 0 aliphatic carbocycles. The minimum absolute atomic E-state index is 1.08. The number of hydrogen-bond acceptors (Lipinski definition) is 3. The van der Waals surface area contributed by atoms with Gasteiger partial charge < -0.3 is 9.87 Å². The lowest BCUT2D eigenvalue weighted by atomic mass is 10.4. The molecule has 0 aromatic rings. The zero-order valence-corrected chi connectivity index (χ0v) is 6.37. The van der Waals surface area contributed by atoms with Crippen molar-refractivity contribution < 1.29 is 8.76 Å². The quantitative estimate of drug-likeness (QED) is 0.489. The molecule has 0 radical (unpaired) electrons. The molecule has 56 valence electrons. The average Bonchev–Trinajstić information content (AvgIpc) is 2.11. The van der Waals surface area contributed by atoms with Crippen molar-refractivity contribution in [3.8, 4) is 0 Å². The van der Waals surface area contributed by atoms with E-state index in [1.54, 1.807) is 0 Å². The van der Waals surface area contributed by atoms with E-state index in [1.807, 2.05) is 0 Å². The van der Waals surface area contributed by atoms with E-state index in [4.69, 9.17) is 8.76 Å². The summed E-state index contributed by atoms with van der Waals surface area (Å²) in [5.41, 5.74) is 0. The molecular weight excluding hydrogens is 138 g/mol. The van der Waals surface area contributed by atoms with E-state index in [-0.39, 0.29) is 0 Å². The smallest absolute Gasteiger partial charge is 0.00142 e. The van der Waals surface area contributed by atoms with E-state index in [0.717, 1.165) is 6.26 Å². The maximum absolute atomic E-state index is 9.00. The molecule has 1 aliphatic heterocycles. The first-order valence-electron chi connectivity index (χ1n) is 2.95. The van der Waals surface area contributed by atoms with E-state index in [2.05, 4.69) is 5.32 Å². The predicted molar refractivity (Wildman–Crippen MR) is 36.9 cm³/mol. The molecule has 0 amide bonds. The summed E-state index contributed by atoms with van der Waals surface area (Å²) in [5, 5.41) is 3.22. The highest BCUT2D eigenvalue weighted by Gasteiger charge is 1.93. The average molecular weight is 150 g/mol. The van der Waals surface area contributed by atoms with Gasteiger partial charge in [0.05, 0.1) is 0 Å². The highest BCUT2D eigenvalue weighted by atomic mass is 32.2. The van der Waals surface area contributed by atoms with Crippen LogP contribution < -0.4 is 5.32 Å². The maximum Gasteiger partial charge on any atom is -0.00142 e. The van der Waals surface area contributed by atoms with Gasteiger partial charge in [-0.1, -0.05) is 11.1 Å². The topological polar surface area (TPSA) is 52.2 Å². The van der Waals surface area contributed by atoms with Crippen molar-refractivity contribution >= 4 is 11.1 Å². The second kappa shape index (κ2) is 6.19. The lowest BCUT2D eigenvalue weighted by Gasteiger charge is -1.85. The Morgan fingerprint density at radius 3 is 1.89 bits per heavy atom. The van der Waals surface area contributed by atoms with Crippen molar-refractivity contribution in [3.05, 3.63) is 0 Å². The van der Waals surface area contributed by atoms with Gasteiger partial charge in [-0.25, -0.2) is 0 Å². The minimum Gasteiger partial charge on any atom is -0.773 e. The second-order valence-corrected chi connectivity index (χ2v) is 2.66. The normalized spacial score (nSPS) is 20.2. The fourth-order valence-electron chi connectivity index (χ4n) is 0.625. The number of nitrogens with one attached hydrogen (secondary N) is 1. The Hall–Kier alpha value is 0.0700. The van der Waals surface area contributed by atoms with Gasteiger partial charge in [0.25, 0.3) is 0 Å². The van der Waals surface area contributed by atoms with Gasteiger partial charge in [-0.2, -0.15) is 0 Å². The minimum atomic E-state index is -1.86. The maximum atomic E-state index is 9.00. The third-order valence-corrected chi connectivity index (χ3v) is 0.957. The highest BCUT2D eigenvalue weighted by Crippen LogP contribution is 1.90. The molecule has 1 atom stereocenters. The van der Waals surface area contributed by atoms with Crippen LogP contribution in [0.1, 0.15) is 12.8 Å². The lowest BCUT2D eigenvalue weighted by Crippen LogP contribution is -2.03. The Morgan fingerprint density at radius 1 is 1.44 bits per heavy atom. The van der Waals surface area contributed by atoms with Crippen LogP contribution in [0.3, 0.4) is 0 Å². The summed E-state index contributed by atoms with van der Waals surface area (Å²) in [4.78, 5) is 0. The van der Waals surface area contributed by atoms with Crippen molar-refractivity contribution in [1.29, 1.82) is 0 Å². The van der Waals surface area contributed by atoms with E-state index in [9.17, 15) is 0 Å². The van der Waals surface area contributed by atoms with Crippen molar-refractivity contribution in [2.45, 2.75) is 12.8 Å². The van der Waals surface area contributed by atoms with Crippen LogP contribution in [0.25, 0.3) is 0 Å². The predicted octanol–water partition coefficient (Wildman–Crippen LogP) is -0.135. The van der Waals surface area contributed by atoms with Crippen LogP contribution in [0.5, 0.6) is 0 Å². The highest BCUT2D eigenvalue weighted by molar-refractivity contribution is 7.78. The Labute approximate surface area is 58.1 Å². The molecule has 0 aromatic carbocycles. The fourth-order valence-corrected chi connectivity index (χ4v) is 0.625. The summed E-state index contributed by atoms with van der Waals surface area (Å²) < 4.78 is 18.0. The van der Waals surface area contributed by atoms with Crippen molar-refractivity contribution in [2.24, 2.45) is 0 Å². The molecule has 0 aromatic heterocycles. The first-order valence-corrected chi connectivity index (χ1v) is 4.43. The van der Waals surface area contributed by atoms with Crippen LogP contribution in [0, 0.1) is 0 Å². The molecule has 9 heavy (non-hydrogen) atoms. The Bertz CT molecular complexity index is 71.4. The van der Waals surface area contributed by atoms with Gasteiger partial charge in [0.2, 0.25) is 0 Å². The standard InChI is InChI=1S/C4H9N.CH4O2S/c1-2-4-5-3-1;1-4(2)3/h5H,1-4H2;1H3,(H,2,3)/p-1. The monoisotopic (exact) mass is 150 g/mol. The molecule has 1 heterocycles. The first-order chi connectivity index (χ1) is 4.23. The summed E-state index contributed by atoms with van der Waals surface area (Å²) in [7, 11) is 0. The Kier molecular flexibility index (Phi) is 6.24. The molecule has 1 saturated heterocycles. The molecule has 1 N–H and O–H groups in total. The summed E-state index contributed by atoms with van der Waals surface area (Å²) in [6.45, 7) is 2.50. The summed E-state index contributed by atoms with van der Waals surface area (Å²) in [6.07, 6.45) is 3.86. The summed E-state index contributed by atoms with van der Waals surface area (Å²) in [6, 6.07) is 0. The molecule has 3 nitrogen and oxygen atoms in total. The van der Waals surface area contributed by atoms with Gasteiger partial charge in [-0.3, -0.25) is 4.21 Å². The van der Waals surface area contributed by atoms with Gasteiger partial charge in [-0.05, 0) is 32.2 Å². The van der Waals surface area contributed by atoms with Crippen LogP contribution in [-0.4, -0.2) is 28.1 Å².